The summed E-state index contributed by atoms with van der Waals surface area (Å²) in [7, 11) is 1.71. The molecule has 0 amide bonds. The normalized spacial score (nSPS) is 14.7. The third kappa shape index (κ3) is 7.07. The van der Waals surface area contributed by atoms with Gasteiger partial charge < -0.3 is 24.6 Å². The van der Waals surface area contributed by atoms with Crippen LogP contribution in [0.25, 0.3) is 0 Å². The van der Waals surface area contributed by atoms with E-state index in [1.165, 1.54) is 11.5 Å². The van der Waals surface area contributed by atoms with Gasteiger partial charge in [-0.15, -0.1) is 0 Å². The van der Waals surface area contributed by atoms with Crippen molar-refractivity contribution in [2.45, 2.75) is 33.2 Å². The number of hydrogen-bond donors (Lipinski definition) is 1. The van der Waals surface area contributed by atoms with Crippen molar-refractivity contribution in [2.24, 2.45) is 4.99 Å². The van der Waals surface area contributed by atoms with Gasteiger partial charge in [0.25, 0.3) is 0 Å². The first-order chi connectivity index (χ1) is 15.2. The molecule has 1 fully saturated rings. The molecule has 1 aliphatic heterocycles. The maximum Gasteiger partial charge on any atom is 0.205 e. The smallest absolute Gasteiger partial charge is 0.205 e. The van der Waals surface area contributed by atoms with E-state index in [9.17, 15) is 0 Å². The number of nitrogens with one attached hydrogen (secondary N) is 1. The van der Waals surface area contributed by atoms with Crippen LogP contribution in [0.4, 0.5) is 5.13 Å². The van der Waals surface area contributed by atoms with E-state index in [1.807, 2.05) is 12.1 Å². The molecule has 9 heteroatoms. The summed E-state index contributed by atoms with van der Waals surface area (Å²) < 4.78 is 15.3. The Balaban J connectivity index is 1.55. The summed E-state index contributed by atoms with van der Waals surface area (Å²) in [6.45, 7) is 10.7. The van der Waals surface area contributed by atoms with E-state index in [4.69, 9.17) is 14.5 Å². The number of anilines is 1. The number of aryl methyl sites for hydroxylation is 1. The van der Waals surface area contributed by atoms with Crippen molar-refractivity contribution in [1.29, 1.82) is 0 Å². The minimum Gasteiger partial charge on any atom is -0.493 e. The van der Waals surface area contributed by atoms with Crippen LogP contribution >= 0.6 is 11.5 Å². The summed E-state index contributed by atoms with van der Waals surface area (Å²) in [6.07, 6.45) is 1.76. The summed E-state index contributed by atoms with van der Waals surface area (Å²) in [5, 5.41) is 4.47. The molecule has 31 heavy (non-hydrogen) atoms. The highest BCUT2D eigenvalue weighted by Gasteiger charge is 2.22. The summed E-state index contributed by atoms with van der Waals surface area (Å²) in [5.74, 6) is 2.77. The molecule has 8 nitrogen and oxygen atoms in total. The number of nitrogens with zero attached hydrogens (tertiary/aromatic N) is 5. The highest BCUT2D eigenvalue weighted by Crippen LogP contribution is 2.19. The zero-order chi connectivity index (χ0) is 21.9. The molecule has 1 saturated heterocycles. The van der Waals surface area contributed by atoms with E-state index < -0.39 is 0 Å². The predicted octanol–water partition coefficient (Wildman–Crippen LogP) is 2.80. The highest BCUT2D eigenvalue weighted by molar-refractivity contribution is 7.09. The van der Waals surface area contributed by atoms with Gasteiger partial charge in [0.1, 0.15) is 11.6 Å². The van der Waals surface area contributed by atoms with Crippen molar-refractivity contribution in [2.75, 3.05) is 57.9 Å². The molecule has 0 saturated carbocycles. The van der Waals surface area contributed by atoms with E-state index in [0.29, 0.717) is 19.8 Å². The summed E-state index contributed by atoms with van der Waals surface area (Å²) in [6, 6.07) is 8.17. The van der Waals surface area contributed by atoms with Gasteiger partial charge in [-0.1, -0.05) is 19.1 Å². The molecule has 1 aliphatic rings. The number of guanidine groups is 1. The number of aliphatic imine (C=N–C) groups is 1. The number of hydrogen-bond acceptors (Lipinski definition) is 7. The second-order valence-corrected chi connectivity index (χ2v) is 8.06. The average Bonchev–Trinajstić information content (AvgIpc) is 3.29. The Morgan fingerprint density at radius 1 is 1.19 bits per heavy atom. The number of benzene rings is 1. The molecule has 0 unspecified atom stereocenters. The maximum atomic E-state index is 5.81. The van der Waals surface area contributed by atoms with Crippen molar-refractivity contribution < 1.29 is 9.47 Å². The van der Waals surface area contributed by atoms with E-state index in [1.54, 1.807) is 7.11 Å². The topological polar surface area (TPSA) is 75.1 Å². The second kappa shape index (κ2) is 12.5. The molecule has 1 N–H and O–H groups in total. The van der Waals surface area contributed by atoms with Gasteiger partial charge in [0, 0.05) is 70.8 Å². The van der Waals surface area contributed by atoms with Crippen molar-refractivity contribution in [3.05, 3.63) is 35.7 Å². The Hall–Kier alpha value is -2.39. The van der Waals surface area contributed by atoms with Crippen LogP contribution in [-0.2, 0) is 17.7 Å². The Bertz CT molecular complexity index is 820. The van der Waals surface area contributed by atoms with Gasteiger partial charge in [-0.05, 0) is 24.6 Å². The summed E-state index contributed by atoms with van der Waals surface area (Å²) in [4.78, 5) is 14.2. The van der Waals surface area contributed by atoms with Gasteiger partial charge in [0.2, 0.25) is 5.13 Å². The zero-order valence-electron chi connectivity index (χ0n) is 18.8. The van der Waals surface area contributed by atoms with Crippen molar-refractivity contribution in [1.82, 2.24) is 19.6 Å². The molecule has 0 radical (unpaired) electrons. The predicted molar refractivity (Wildman–Crippen MR) is 126 cm³/mol. The standard InChI is InChI=1S/C22H34N6O2S/c1-4-20-25-22(31-26-20)28-12-10-27(11-13-28)21(23-5-2)24-17-18-8-6-9-19(16-18)30-15-7-14-29-3/h6,8-9,16H,4-5,7,10-15,17H2,1-3H3,(H,23,24). The molecule has 0 spiro atoms. The van der Waals surface area contributed by atoms with Crippen LogP contribution in [0.1, 0.15) is 31.7 Å². The first-order valence-electron chi connectivity index (χ1n) is 11.0. The van der Waals surface area contributed by atoms with Crippen LogP contribution in [0.5, 0.6) is 5.75 Å². The summed E-state index contributed by atoms with van der Waals surface area (Å²) >= 11 is 1.50. The minimum absolute atomic E-state index is 0.619. The van der Waals surface area contributed by atoms with Gasteiger partial charge in [0.05, 0.1) is 13.2 Å². The molecular weight excluding hydrogens is 412 g/mol. The molecule has 3 rings (SSSR count). The first kappa shape index (κ1) is 23.3. The number of piperazine rings is 1. The third-order valence-corrected chi connectivity index (χ3v) is 5.84. The van der Waals surface area contributed by atoms with Crippen molar-refractivity contribution >= 4 is 22.6 Å². The van der Waals surface area contributed by atoms with E-state index >= 15 is 0 Å². The quantitative estimate of drug-likeness (QED) is 0.342. The lowest BCUT2D eigenvalue weighted by atomic mass is 10.2. The Kier molecular flexibility index (Phi) is 9.36. The highest BCUT2D eigenvalue weighted by atomic mass is 32.1. The molecular formula is C22H34N6O2S. The third-order valence-electron chi connectivity index (χ3n) is 5.03. The molecule has 0 atom stereocenters. The monoisotopic (exact) mass is 446 g/mol. The van der Waals surface area contributed by atoms with Crippen LogP contribution < -0.4 is 15.0 Å². The molecule has 0 bridgehead atoms. The zero-order valence-corrected chi connectivity index (χ0v) is 19.7. The van der Waals surface area contributed by atoms with Gasteiger partial charge in [-0.25, -0.2) is 9.98 Å². The van der Waals surface area contributed by atoms with Gasteiger partial charge >= 0.3 is 0 Å². The Labute approximate surface area is 189 Å². The lowest BCUT2D eigenvalue weighted by Gasteiger charge is -2.36. The van der Waals surface area contributed by atoms with E-state index in [-0.39, 0.29) is 0 Å². The lowest BCUT2D eigenvalue weighted by Crippen LogP contribution is -2.52. The van der Waals surface area contributed by atoms with Gasteiger partial charge in [-0.2, -0.15) is 4.37 Å². The van der Waals surface area contributed by atoms with Gasteiger partial charge in [0.15, 0.2) is 5.96 Å². The van der Waals surface area contributed by atoms with E-state index in [2.05, 4.69) is 50.5 Å². The largest absolute Gasteiger partial charge is 0.493 e. The summed E-state index contributed by atoms with van der Waals surface area (Å²) in [5.41, 5.74) is 1.14. The molecule has 2 heterocycles. The number of ether oxygens (including phenoxy) is 2. The minimum atomic E-state index is 0.619. The fraction of sp³-hybridized carbons (Fsp3) is 0.591. The van der Waals surface area contributed by atoms with Crippen molar-refractivity contribution in [3.8, 4) is 5.75 Å². The Morgan fingerprint density at radius 3 is 2.74 bits per heavy atom. The fourth-order valence-corrected chi connectivity index (χ4v) is 4.15. The average molecular weight is 447 g/mol. The lowest BCUT2D eigenvalue weighted by molar-refractivity contribution is 0.172. The molecule has 0 aliphatic carbocycles. The van der Waals surface area contributed by atoms with Crippen LogP contribution in [0.2, 0.25) is 0 Å². The van der Waals surface area contributed by atoms with Crippen LogP contribution in [0.15, 0.2) is 29.3 Å². The van der Waals surface area contributed by atoms with Crippen LogP contribution in [0, 0.1) is 0 Å². The second-order valence-electron chi connectivity index (χ2n) is 7.33. The molecule has 170 valence electrons. The fourth-order valence-electron chi connectivity index (χ4n) is 3.35. The first-order valence-corrected chi connectivity index (χ1v) is 11.8. The number of rotatable bonds is 10. The van der Waals surface area contributed by atoms with E-state index in [0.717, 1.165) is 73.8 Å². The maximum absolute atomic E-state index is 5.81. The SMILES string of the molecule is CCNC(=NCc1cccc(OCCCOC)c1)N1CCN(c2nc(CC)ns2)CC1. The Morgan fingerprint density at radius 2 is 2.03 bits per heavy atom. The van der Waals surface area contributed by atoms with Crippen molar-refractivity contribution in [3.63, 3.8) is 0 Å². The molecule has 1 aromatic heterocycles. The molecule has 1 aromatic carbocycles. The number of methoxy groups -OCH3 is 1. The van der Waals surface area contributed by atoms with Crippen LogP contribution in [-0.4, -0.2) is 73.3 Å². The van der Waals surface area contributed by atoms with Crippen LogP contribution in [0.3, 0.4) is 0 Å². The van der Waals surface area contributed by atoms with Gasteiger partial charge in [-0.3, -0.25) is 0 Å². The number of aromatic nitrogens is 2. The molecule has 2 aromatic rings.